The summed E-state index contributed by atoms with van der Waals surface area (Å²) in [6.45, 7) is 0. The van der Waals surface area contributed by atoms with Gasteiger partial charge in [0.1, 0.15) is 10.7 Å². The van der Waals surface area contributed by atoms with Crippen molar-refractivity contribution in [2.45, 2.75) is 42.4 Å². The molecule has 1 aromatic rings. The second-order valence-electron chi connectivity index (χ2n) is 5.38. The number of benzene rings is 1. The van der Waals surface area contributed by atoms with Crippen LogP contribution in [-0.4, -0.2) is 32.6 Å². The summed E-state index contributed by atoms with van der Waals surface area (Å²) in [7, 11) is -4.20. The Hall–Kier alpha value is -1.51. The average Bonchev–Trinajstić information content (AvgIpc) is 3.00. The minimum atomic E-state index is -4.20. The molecule has 2 fully saturated rings. The van der Waals surface area contributed by atoms with Gasteiger partial charge in [0.15, 0.2) is 0 Å². The van der Waals surface area contributed by atoms with Crippen LogP contribution in [0.5, 0.6) is 0 Å². The van der Waals surface area contributed by atoms with Gasteiger partial charge < -0.3 is 10.1 Å². The summed E-state index contributed by atoms with van der Waals surface area (Å²) >= 11 is 0. The van der Waals surface area contributed by atoms with Gasteiger partial charge in [-0.05, 0) is 37.5 Å². The van der Waals surface area contributed by atoms with E-state index in [0.717, 1.165) is 31.4 Å². The van der Waals surface area contributed by atoms with Crippen molar-refractivity contribution in [1.29, 1.82) is 0 Å². The SMILES string of the molecule is NS(=O)(=O)c1cc(C(=O)NC2CC3CCC2O3)ccc1F. The number of nitrogens with two attached hydrogens (primary N) is 1. The average molecular weight is 314 g/mol. The molecule has 0 aliphatic carbocycles. The molecule has 3 atom stereocenters. The molecule has 2 bridgehead atoms. The lowest BCUT2D eigenvalue weighted by molar-refractivity contribution is 0.0840. The van der Waals surface area contributed by atoms with Gasteiger partial charge in [-0.1, -0.05) is 0 Å². The number of halogens is 1. The summed E-state index contributed by atoms with van der Waals surface area (Å²) in [4.78, 5) is 11.5. The molecular weight excluding hydrogens is 299 g/mol. The number of hydrogen-bond donors (Lipinski definition) is 2. The van der Waals surface area contributed by atoms with Crippen molar-refractivity contribution in [3.05, 3.63) is 29.6 Å². The molecule has 0 radical (unpaired) electrons. The molecule has 2 saturated heterocycles. The number of primary sulfonamides is 1. The molecule has 2 aliphatic heterocycles. The van der Waals surface area contributed by atoms with Crippen LogP contribution in [0, 0.1) is 5.82 Å². The largest absolute Gasteiger partial charge is 0.373 e. The zero-order valence-electron chi connectivity index (χ0n) is 11.1. The minimum absolute atomic E-state index is 0.0112. The third kappa shape index (κ3) is 2.78. The van der Waals surface area contributed by atoms with Crippen LogP contribution < -0.4 is 10.5 Å². The molecule has 1 amide bonds. The number of ether oxygens (including phenoxy) is 1. The van der Waals surface area contributed by atoms with E-state index in [9.17, 15) is 17.6 Å². The van der Waals surface area contributed by atoms with Gasteiger partial charge in [0.05, 0.1) is 18.2 Å². The van der Waals surface area contributed by atoms with E-state index < -0.39 is 26.6 Å². The lowest BCUT2D eigenvalue weighted by Crippen LogP contribution is -2.41. The number of rotatable bonds is 3. The monoisotopic (exact) mass is 314 g/mol. The molecular formula is C13H15FN2O4S. The van der Waals surface area contributed by atoms with E-state index in [1.807, 2.05) is 0 Å². The molecule has 2 heterocycles. The van der Waals surface area contributed by atoms with E-state index in [-0.39, 0.29) is 23.8 Å². The zero-order valence-corrected chi connectivity index (χ0v) is 11.9. The van der Waals surface area contributed by atoms with Crippen molar-refractivity contribution in [3.63, 3.8) is 0 Å². The van der Waals surface area contributed by atoms with Gasteiger partial charge in [-0.15, -0.1) is 0 Å². The first-order chi connectivity index (χ1) is 9.84. The fourth-order valence-electron chi connectivity index (χ4n) is 2.90. The summed E-state index contributed by atoms with van der Waals surface area (Å²) in [6, 6.07) is 3.02. The number of amides is 1. The van der Waals surface area contributed by atoms with Crippen molar-refractivity contribution in [2.24, 2.45) is 5.14 Å². The van der Waals surface area contributed by atoms with Crippen molar-refractivity contribution in [2.75, 3.05) is 0 Å². The van der Waals surface area contributed by atoms with E-state index in [1.54, 1.807) is 0 Å². The highest BCUT2D eigenvalue weighted by molar-refractivity contribution is 7.89. The van der Waals surface area contributed by atoms with Crippen molar-refractivity contribution < 1.29 is 22.3 Å². The Bertz CT molecular complexity index is 691. The van der Waals surface area contributed by atoms with Crippen LogP contribution in [0.1, 0.15) is 29.6 Å². The summed E-state index contributed by atoms with van der Waals surface area (Å²) < 4.78 is 41.6. The fourth-order valence-corrected chi connectivity index (χ4v) is 3.54. The van der Waals surface area contributed by atoms with Crippen molar-refractivity contribution in [3.8, 4) is 0 Å². The maximum atomic E-state index is 13.4. The first kappa shape index (κ1) is 14.4. The maximum Gasteiger partial charge on any atom is 0.251 e. The predicted molar refractivity (Wildman–Crippen MR) is 71.5 cm³/mol. The van der Waals surface area contributed by atoms with E-state index in [0.29, 0.717) is 0 Å². The molecule has 6 nitrogen and oxygen atoms in total. The van der Waals surface area contributed by atoms with E-state index in [4.69, 9.17) is 9.88 Å². The van der Waals surface area contributed by atoms with Crippen LogP contribution >= 0.6 is 0 Å². The fraction of sp³-hybridized carbons (Fsp3) is 0.462. The molecule has 114 valence electrons. The third-order valence-corrected chi connectivity index (χ3v) is 4.85. The number of hydrogen-bond acceptors (Lipinski definition) is 4. The lowest BCUT2D eigenvalue weighted by Gasteiger charge is -2.20. The summed E-state index contributed by atoms with van der Waals surface area (Å²) in [5.74, 6) is -1.43. The van der Waals surface area contributed by atoms with Gasteiger partial charge in [0, 0.05) is 5.56 Å². The van der Waals surface area contributed by atoms with E-state index in [2.05, 4.69) is 5.32 Å². The Labute approximate surface area is 121 Å². The topological polar surface area (TPSA) is 98.5 Å². The molecule has 3 unspecified atom stereocenters. The van der Waals surface area contributed by atoms with Crippen LogP contribution in [0.3, 0.4) is 0 Å². The minimum Gasteiger partial charge on any atom is -0.373 e. The second-order valence-corrected chi connectivity index (χ2v) is 6.91. The van der Waals surface area contributed by atoms with Gasteiger partial charge in [-0.2, -0.15) is 0 Å². The normalized spacial score (nSPS) is 27.8. The van der Waals surface area contributed by atoms with Crippen molar-refractivity contribution >= 4 is 15.9 Å². The van der Waals surface area contributed by atoms with Gasteiger partial charge in [-0.25, -0.2) is 17.9 Å². The highest BCUT2D eigenvalue weighted by Crippen LogP contribution is 2.34. The van der Waals surface area contributed by atoms with E-state index in [1.165, 1.54) is 6.07 Å². The molecule has 2 aliphatic rings. The quantitative estimate of drug-likeness (QED) is 0.850. The molecule has 0 saturated carbocycles. The van der Waals surface area contributed by atoms with E-state index >= 15 is 0 Å². The van der Waals surface area contributed by atoms with Crippen molar-refractivity contribution in [1.82, 2.24) is 5.32 Å². The summed E-state index contributed by atoms with van der Waals surface area (Å²) in [5.41, 5.74) is 0.0585. The first-order valence-corrected chi connectivity index (χ1v) is 8.18. The zero-order chi connectivity index (χ0) is 15.2. The molecule has 3 N–H and O–H groups in total. The Balaban J connectivity index is 1.79. The van der Waals surface area contributed by atoms with Crippen LogP contribution in [-0.2, 0) is 14.8 Å². The Morgan fingerprint density at radius 1 is 1.38 bits per heavy atom. The van der Waals surface area contributed by atoms with Crippen LogP contribution in [0.4, 0.5) is 4.39 Å². The standard InChI is InChI=1S/C13H15FN2O4S/c14-9-3-1-7(5-12(9)21(15,18)19)13(17)16-10-6-8-2-4-11(10)20-8/h1,3,5,8,10-11H,2,4,6H2,(H,16,17)(H2,15,18,19). The molecule has 0 spiro atoms. The number of sulfonamides is 1. The molecule has 1 aromatic carbocycles. The predicted octanol–water partition coefficient (Wildman–Crippen LogP) is 0.523. The maximum absolute atomic E-state index is 13.4. The summed E-state index contributed by atoms with van der Waals surface area (Å²) in [6.07, 6.45) is 2.86. The van der Waals surface area contributed by atoms with Gasteiger partial charge in [0.25, 0.3) is 5.91 Å². The highest BCUT2D eigenvalue weighted by Gasteiger charge is 2.41. The number of carbonyl (C=O) groups excluding carboxylic acids is 1. The number of carbonyl (C=O) groups is 1. The number of fused-ring (bicyclic) bond motifs is 2. The van der Waals surface area contributed by atoms with Gasteiger partial charge >= 0.3 is 0 Å². The molecule has 21 heavy (non-hydrogen) atoms. The smallest absolute Gasteiger partial charge is 0.251 e. The van der Waals surface area contributed by atoms with Crippen LogP contribution in [0.15, 0.2) is 23.1 Å². The Kier molecular flexibility index (Phi) is 3.46. The van der Waals surface area contributed by atoms with Crippen LogP contribution in [0.2, 0.25) is 0 Å². The molecule has 8 heteroatoms. The third-order valence-electron chi connectivity index (χ3n) is 3.92. The first-order valence-electron chi connectivity index (χ1n) is 6.63. The number of nitrogens with one attached hydrogen (secondary N) is 1. The van der Waals surface area contributed by atoms with Gasteiger partial charge in [-0.3, -0.25) is 4.79 Å². The van der Waals surface area contributed by atoms with Crippen LogP contribution in [0.25, 0.3) is 0 Å². The highest BCUT2D eigenvalue weighted by atomic mass is 32.2. The lowest BCUT2D eigenvalue weighted by atomic mass is 9.95. The molecule has 3 rings (SSSR count). The van der Waals surface area contributed by atoms with Gasteiger partial charge in [0.2, 0.25) is 10.0 Å². The Morgan fingerprint density at radius 2 is 2.14 bits per heavy atom. The second kappa shape index (κ2) is 5.04. The summed E-state index contributed by atoms with van der Waals surface area (Å²) in [5, 5.41) is 7.72. The Morgan fingerprint density at radius 3 is 2.71 bits per heavy atom. The molecule has 0 aromatic heterocycles.